The fourth-order valence-electron chi connectivity index (χ4n) is 1.36. The number of benzene rings is 1. The minimum atomic E-state index is -3.52. The summed E-state index contributed by atoms with van der Waals surface area (Å²) in [6, 6.07) is 5.76. The molecule has 0 aliphatic carbocycles. The van der Waals surface area contributed by atoms with Crippen molar-refractivity contribution in [3.63, 3.8) is 0 Å². The summed E-state index contributed by atoms with van der Waals surface area (Å²) < 4.78 is 23.0. The van der Waals surface area contributed by atoms with E-state index in [1.165, 1.54) is 12.1 Å². The van der Waals surface area contributed by atoms with Gasteiger partial charge in [-0.15, -0.1) is 0 Å². The molecule has 0 heterocycles. The lowest BCUT2D eigenvalue weighted by Crippen LogP contribution is -2.16. The molecule has 0 saturated heterocycles. The van der Waals surface area contributed by atoms with E-state index >= 15 is 0 Å². The number of hydrogen-bond acceptors (Lipinski definition) is 4. The highest BCUT2D eigenvalue weighted by molar-refractivity contribution is 7.90. The van der Waals surface area contributed by atoms with Crippen LogP contribution in [0, 0.1) is 11.3 Å². The molecule has 1 aromatic rings. The first kappa shape index (κ1) is 14.2. The average molecular weight is 267 g/mol. The lowest BCUT2D eigenvalue weighted by Gasteiger charge is -2.17. The van der Waals surface area contributed by atoms with Gasteiger partial charge in [-0.1, -0.05) is 0 Å². The lowest BCUT2D eigenvalue weighted by atomic mass is 9.85. The van der Waals surface area contributed by atoms with E-state index < -0.39 is 21.2 Å². The van der Waals surface area contributed by atoms with Crippen LogP contribution in [0.5, 0.6) is 0 Å². The molecule has 0 radical (unpaired) electrons. The van der Waals surface area contributed by atoms with Crippen LogP contribution in [0.15, 0.2) is 23.1 Å². The standard InChI is InChI=1S/C12H13NO4S/c1-12(2,7-13)9-4-8(11(14)15)5-10(6-9)18(3,16)17/h4-6H,1-3H3,(H,14,15). The minimum Gasteiger partial charge on any atom is -0.478 e. The van der Waals surface area contributed by atoms with Gasteiger partial charge in [0.1, 0.15) is 0 Å². The molecule has 1 rings (SSSR count). The molecule has 0 saturated carbocycles. The molecular weight excluding hydrogens is 254 g/mol. The molecule has 0 amide bonds. The summed E-state index contributed by atoms with van der Waals surface area (Å²) >= 11 is 0. The fourth-order valence-corrected chi connectivity index (χ4v) is 2.04. The highest BCUT2D eigenvalue weighted by atomic mass is 32.2. The first-order valence-corrected chi connectivity index (χ1v) is 6.97. The molecule has 0 fully saturated rings. The zero-order valence-electron chi connectivity index (χ0n) is 10.3. The number of aromatic carboxylic acids is 1. The number of sulfone groups is 1. The van der Waals surface area contributed by atoms with Gasteiger partial charge in [0.2, 0.25) is 0 Å². The van der Waals surface area contributed by atoms with Gasteiger partial charge in [0.05, 0.1) is 21.9 Å². The van der Waals surface area contributed by atoms with E-state index in [4.69, 9.17) is 10.4 Å². The average Bonchev–Trinajstić information content (AvgIpc) is 2.27. The van der Waals surface area contributed by atoms with Crippen LogP contribution in [0.2, 0.25) is 0 Å². The molecule has 18 heavy (non-hydrogen) atoms. The molecule has 0 bridgehead atoms. The predicted octanol–water partition coefficient (Wildman–Crippen LogP) is 1.59. The third kappa shape index (κ3) is 2.87. The largest absolute Gasteiger partial charge is 0.478 e. The number of carboxylic acids is 1. The Morgan fingerprint density at radius 3 is 2.28 bits per heavy atom. The molecule has 0 spiro atoms. The van der Waals surface area contributed by atoms with Crippen LogP contribution in [0.3, 0.4) is 0 Å². The second-order valence-electron chi connectivity index (χ2n) is 4.56. The lowest BCUT2D eigenvalue weighted by molar-refractivity contribution is 0.0696. The van der Waals surface area contributed by atoms with Gasteiger partial charge in [-0.05, 0) is 37.6 Å². The van der Waals surface area contributed by atoms with Gasteiger partial charge in [0.25, 0.3) is 0 Å². The summed E-state index contributed by atoms with van der Waals surface area (Å²) in [4.78, 5) is 10.9. The van der Waals surface area contributed by atoms with Crippen LogP contribution in [-0.4, -0.2) is 25.7 Å². The highest BCUT2D eigenvalue weighted by Crippen LogP contribution is 2.26. The number of carbonyl (C=O) groups is 1. The predicted molar refractivity (Wildman–Crippen MR) is 65.2 cm³/mol. The topological polar surface area (TPSA) is 95.2 Å². The van der Waals surface area contributed by atoms with Crippen molar-refractivity contribution in [3.8, 4) is 6.07 Å². The van der Waals surface area contributed by atoms with Crippen LogP contribution < -0.4 is 0 Å². The first-order valence-electron chi connectivity index (χ1n) is 5.08. The quantitative estimate of drug-likeness (QED) is 0.897. The molecule has 5 nitrogen and oxygen atoms in total. The Labute approximate surface area is 106 Å². The van der Waals surface area contributed by atoms with Crippen molar-refractivity contribution in [2.45, 2.75) is 24.2 Å². The smallest absolute Gasteiger partial charge is 0.335 e. The van der Waals surface area contributed by atoms with Crippen LogP contribution in [-0.2, 0) is 15.3 Å². The maximum Gasteiger partial charge on any atom is 0.335 e. The molecule has 1 N–H and O–H groups in total. The van der Waals surface area contributed by atoms with Gasteiger partial charge in [0, 0.05) is 6.26 Å². The number of hydrogen-bond donors (Lipinski definition) is 1. The van der Waals surface area contributed by atoms with E-state index in [1.807, 2.05) is 6.07 Å². The second kappa shape index (κ2) is 4.42. The fraction of sp³-hybridized carbons (Fsp3) is 0.333. The molecule has 96 valence electrons. The summed E-state index contributed by atoms with van der Waals surface area (Å²) in [5.41, 5.74) is -0.730. The molecule has 0 aliphatic rings. The Kier molecular flexibility index (Phi) is 3.49. The first-order chi connectivity index (χ1) is 8.08. The van der Waals surface area contributed by atoms with Crippen molar-refractivity contribution in [1.82, 2.24) is 0 Å². The highest BCUT2D eigenvalue weighted by Gasteiger charge is 2.24. The molecule has 6 heteroatoms. The van der Waals surface area contributed by atoms with Crippen LogP contribution in [0.1, 0.15) is 29.8 Å². The monoisotopic (exact) mass is 267 g/mol. The third-order valence-corrected chi connectivity index (χ3v) is 3.67. The summed E-state index contributed by atoms with van der Waals surface area (Å²) in [5.74, 6) is -1.23. The van der Waals surface area contributed by atoms with Crippen molar-refractivity contribution in [1.29, 1.82) is 5.26 Å². The Bertz CT molecular complexity index is 639. The number of nitriles is 1. The van der Waals surface area contributed by atoms with Gasteiger partial charge < -0.3 is 5.11 Å². The summed E-state index contributed by atoms with van der Waals surface area (Å²) in [5, 5.41) is 18.0. The van der Waals surface area contributed by atoms with Gasteiger partial charge in [-0.2, -0.15) is 5.26 Å². The van der Waals surface area contributed by atoms with Crippen molar-refractivity contribution in [2.75, 3.05) is 6.26 Å². The SMILES string of the molecule is CC(C)(C#N)c1cc(C(=O)O)cc(S(C)(=O)=O)c1. The van der Waals surface area contributed by atoms with Gasteiger partial charge >= 0.3 is 5.97 Å². The van der Waals surface area contributed by atoms with E-state index in [0.717, 1.165) is 12.3 Å². The van der Waals surface area contributed by atoms with Crippen molar-refractivity contribution >= 4 is 15.8 Å². The maximum absolute atomic E-state index is 11.5. The molecule has 0 unspecified atom stereocenters. The zero-order valence-corrected chi connectivity index (χ0v) is 11.1. The van der Waals surface area contributed by atoms with E-state index in [1.54, 1.807) is 13.8 Å². The van der Waals surface area contributed by atoms with E-state index in [2.05, 4.69) is 0 Å². The number of nitrogens with zero attached hydrogens (tertiary/aromatic N) is 1. The normalized spacial score (nSPS) is 11.9. The molecule has 0 aromatic heterocycles. The van der Waals surface area contributed by atoms with Gasteiger partial charge in [0.15, 0.2) is 9.84 Å². The van der Waals surface area contributed by atoms with Gasteiger partial charge in [-0.3, -0.25) is 0 Å². The number of carboxylic acid groups (broad SMARTS) is 1. The Balaban J connectivity index is 3.62. The minimum absolute atomic E-state index is 0.0966. The number of rotatable bonds is 3. The van der Waals surface area contributed by atoms with Crippen molar-refractivity contribution in [3.05, 3.63) is 29.3 Å². The molecule has 1 aromatic carbocycles. The van der Waals surface area contributed by atoms with Crippen LogP contribution >= 0.6 is 0 Å². The van der Waals surface area contributed by atoms with E-state index in [-0.39, 0.29) is 10.5 Å². The molecular formula is C12H13NO4S. The zero-order chi connectivity index (χ0) is 14.1. The Morgan fingerprint density at radius 1 is 1.33 bits per heavy atom. The van der Waals surface area contributed by atoms with Crippen LogP contribution in [0.25, 0.3) is 0 Å². The third-order valence-electron chi connectivity index (χ3n) is 2.58. The van der Waals surface area contributed by atoms with Crippen molar-refractivity contribution in [2.24, 2.45) is 0 Å². The maximum atomic E-state index is 11.5. The van der Waals surface area contributed by atoms with Crippen LogP contribution in [0.4, 0.5) is 0 Å². The Hall–Kier alpha value is -1.87. The van der Waals surface area contributed by atoms with E-state index in [9.17, 15) is 13.2 Å². The van der Waals surface area contributed by atoms with Gasteiger partial charge in [-0.25, -0.2) is 13.2 Å². The summed E-state index contributed by atoms with van der Waals surface area (Å²) in [6.45, 7) is 3.19. The molecule has 0 atom stereocenters. The van der Waals surface area contributed by atoms with E-state index in [0.29, 0.717) is 5.56 Å². The Morgan fingerprint density at radius 2 is 1.89 bits per heavy atom. The molecule has 0 aliphatic heterocycles. The summed E-state index contributed by atoms with van der Waals surface area (Å²) in [6.07, 6.45) is 0.997. The second-order valence-corrected chi connectivity index (χ2v) is 6.58. The van der Waals surface area contributed by atoms with Crippen molar-refractivity contribution < 1.29 is 18.3 Å². The summed E-state index contributed by atoms with van der Waals surface area (Å²) in [7, 11) is -3.52.